The van der Waals surface area contributed by atoms with Gasteiger partial charge in [-0.05, 0) is 43.2 Å². The first kappa shape index (κ1) is 24.6. The molecule has 1 aliphatic heterocycles. The molecule has 1 amide bonds. The molecule has 2 heterocycles. The fraction of sp³-hybridized carbons (Fsp3) is 0.240. The molecule has 1 aromatic heterocycles. The van der Waals surface area contributed by atoms with E-state index >= 15 is 0 Å². The summed E-state index contributed by atoms with van der Waals surface area (Å²) in [7, 11) is 0. The Balaban J connectivity index is 1.62. The van der Waals surface area contributed by atoms with Gasteiger partial charge in [-0.1, -0.05) is 49.0 Å². The quantitative estimate of drug-likeness (QED) is 0.366. The number of esters is 1. The second-order valence-electron chi connectivity index (χ2n) is 7.63. The molecule has 0 saturated carbocycles. The van der Waals surface area contributed by atoms with Gasteiger partial charge in [0.05, 0.1) is 12.2 Å². The van der Waals surface area contributed by atoms with E-state index < -0.39 is 17.3 Å². The summed E-state index contributed by atoms with van der Waals surface area (Å²) in [5.41, 5.74) is 1.45. The lowest BCUT2D eigenvalue weighted by Crippen LogP contribution is -2.26. The number of hydrogen-bond donors (Lipinski definition) is 3. The van der Waals surface area contributed by atoms with E-state index in [1.807, 2.05) is 13.0 Å². The highest BCUT2D eigenvalue weighted by Crippen LogP contribution is 2.39. The van der Waals surface area contributed by atoms with Crippen LogP contribution < -0.4 is 10.3 Å². The summed E-state index contributed by atoms with van der Waals surface area (Å²) in [6, 6.07) is 15.4. The van der Waals surface area contributed by atoms with Gasteiger partial charge in [-0.2, -0.15) is 5.10 Å². The van der Waals surface area contributed by atoms with Crippen LogP contribution in [0.15, 0.2) is 59.7 Å². The zero-order chi connectivity index (χ0) is 24.9. The Kier molecular flexibility index (Phi) is 7.62. The second-order valence-corrected chi connectivity index (χ2v) is 9.93. The van der Waals surface area contributed by atoms with Crippen molar-refractivity contribution in [2.45, 2.75) is 32.1 Å². The Labute approximate surface area is 211 Å². The van der Waals surface area contributed by atoms with Crippen molar-refractivity contribution in [2.24, 2.45) is 5.10 Å². The number of carbonyl (C=O) groups is 2. The molecule has 0 aliphatic carbocycles. The molecule has 2 aromatic carbocycles. The van der Waals surface area contributed by atoms with Gasteiger partial charge in [0, 0.05) is 11.3 Å². The first-order chi connectivity index (χ1) is 16.9. The maximum Gasteiger partial charge on any atom is 0.341 e. The van der Waals surface area contributed by atoms with Gasteiger partial charge in [0.25, 0.3) is 5.91 Å². The third kappa shape index (κ3) is 5.44. The molecular formula is C25H25N3O5S2. The lowest BCUT2D eigenvalue weighted by atomic mass is 10.1. The topological polar surface area (TPSA) is 111 Å². The monoisotopic (exact) mass is 511 g/mol. The molecule has 0 saturated heterocycles. The van der Waals surface area contributed by atoms with E-state index in [4.69, 9.17) is 4.74 Å². The van der Waals surface area contributed by atoms with E-state index in [2.05, 4.69) is 10.4 Å². The molecule has 0 bridgehead atoms. The smallest absolute Gasteiger partial charge is 0.341 e. The van der Waals surface area contributed by atoms with Crippen molar-refractivity contribution in [3.63, 3.8) is 0 Å². The largest absolute Gasteiger partial charge is 0.508 e. The number of carbonyl (C=O) groups excluding carboxylic acids is 2. The number of benzene rings is 2. The number of aryl methyl sites for hydroxylation is 1. The molecule has 3 N–H and O–H groups in total. The van der Waals surface area contributed by atoms with Crippen molar-refractivity contribution in [3.05, 3.63) is 70.6 Å². The minimum atomic E-state index is -0.493. The molecule has 10 heteroatoms. The number of anilines is 2. The Morgan fingerprint density at radius 2 is 1.80 bits per heavy atom. The average Bonchev–Trinajstić information content (AvgIpc) is 3.45. The molecule has 182 valence electrons. The number of nitrogens with zero attached hydrogens (tertiary/aromatic N) is 2. The highest BCUT2D eigenvalue weighted by Gasteiger charge is 2.34. The number of para-hydroxylation sites is 3. The molecule has 1 aliphatic rings. The summed E-state index contributed by atoms with van der Waals surface area (Å²) in [5, 5.41) is 29.8. The van der Waals surface area contributed by atoms with Crippen LogP contribution in [0.1, 0.15) is 34.6 Å². The first-order valence-electron chi connectivity index (χ1n) is 11.1. The number of rotatable bonds is 8. The molecule has 0 fully saturated rings. The van der Waals surface area contributed by atoms with E-state index in [-0.39, 0.29) is 23.1 Å². The van der Waals surface area contributed by atoms with Crippen LogP contribution in [-0.2, 0) is 22.4 Å². The lowest BCUT2D eigenvalue weighted by Gasteiger charge is -2.23. The van der Waals surface area contributed by atoms with Crippen molar-refractivity contribution in [3.8, 4) is 11.5 Å². The van der Waals surface area contributed by atoms with Gasteiger partial charge in [0.1, 0.15) is 27.6 Å². The highest BCUT2D eigenvalue weighted by molar-refractivity contribution is 8.16. The lowest BCUT2D eigenvalue weighted by molar-refractivity contribution is -0.110. The van der Waals surface area contributed by atoms with Crippen LogP contribution in [0.4, 0.5) is 10.7 Å². The SMILES string of the molecule is CCOC(=O)c1cc(CC)sc1NC(=O)C1=NN(c2ccccc2O)C(Cc2ccccc2O)S1. The number of thioether (sulfide) groups is 1. The molecule has 35 heavy (non-hydrogen) atoms. The fourth-order valence-corrected chi connectivity index (χ4v) is 5.61. The Morgan fingerprint density at radius 1 is 1.09 bits per heavy atom. The third-order valence-corrected chi connectivity index (χ3v) is 7.61. The summed E-state index contributed by atoms with van der Waals surface area (Å²) in [6.45, 7) is 3.93. The number of hydrogen-bond acceptors (Lipinski definition) is 9. The highest BCUT2D eigenvalue weighted by atomic mass is 32.2. The molecular weight excluding hydrogens is 486 g/mol. The van der Waals surface area contributed by atoms with Crippen LogP contribution in [0.2, 0.25) is 0 Å². The Morgan fingerprint density at radius 3 is 2.49 bits per heavy atom. The maximum absolute atomic E-state index is 13.2. The third-order valence-electron chi connectivity index (χ3n) is 5.28. The van der Waals surface area contributed by atoms with Crippen molar-refractivity contribution < 1.29 is 24.5 Å². The zero-order valence-corrected chi connectivity index (χ0v) is 20.9. The van der Waals surface area contributed by atoms with Crippen molar-refractivity contribution in [2.75, 3.05) is 16.9 Å². The number of phenols is 2. The number of ether oxygens (including phenoxy) is 1. The van der Waals surface area contributed by atoms with Gasteiger partial charge in [0.2, 0.25) is 0 Å². The number of phenolic OH excluding ortho intramolecular Hbond substituents is 2. The number of nitrogens with one attached hydrogen (secondary N) is 1. The number of amides is 1. The predicted octanol–water partition coefficient (Wildman–Crippen LogP) is 4.97. The summed E-state index contributed by atoms with van der Waals surface area (Å²) in [6.07, 6.45) is 1.09. The van der Waals surface area contributed by atoms with Crippen LogP contribution in [0.3, 0.4) is 0 Å². The Hall–Kier alpha value is -3.50. The van der Waals surface area contributed by atoms with Crippen LogP contribution in [0.25, 0.3) is 0 Å². The van der Waals surface area contributed by atoms with E-state index in [1.165, 1.54) is 23.1 Å². The molecule has 8 nitrogen and oxygen atoms in total. The van der Waals surface area contributed by atoms with Crippen LogP contribution in [0.5, 0.6) is 11.5 Å². The molecule has 1 atom stereocenters. The van der Waals surface area contributed by atoms with E-state index in [1.54, 1.807) is 60.5 Å². The van der Waals surface area contributed by atoms with Crippen molar-refractivity contribution in [1.29, 1.82) is 0 Å². The van der Waals surface area contributed by atoms with Crippen molar-refractivity contribution in [1.82, 2.24) is 0 Å². The van der Waals surface area contributed by atoms with E-state index in [0.29, 0.717) is 34.7 Å². The van der Waals surface area contributed by atoms with Gasteiger partial charge in [-0.15, -0.1) is 11.3 Å². The Bertz CT molecular complexity index is 1270. The van der Waals surface area contributed by atoms with E-state index in [0.717, 1.165) is 4.88 Å². The van der Waals surface area contributed by atoms with Crippen molar-refractivity contribution >= 4 is 50.7 Å². The van der Waals surface area contributed by atoms with Gasteiger partial charge in [-0.3, -0.25) is 4.79 Å². The van der Waals surface area contributed by atoms with Gasteiger partial charge < -0.3 is 20.3 Å². The van der Waals surface area contributed by atoms with Crippen LogP contribution in [0, 0.1) is 0 Å². The van der Waals surface area contributed by atoms with Crippen LogP contribution in [-0.4, -0.2) is 39.1 Å². The zero-order valence-electron chi connectivity index (χ0n) is 19.2. The maximum atomic E-state index is 13.2. The number of thiophene rings is 1. The summed E-state index contributed by atoms with van der Waals surface area (Å²) >= 11 is 2.54. The summed E-state index contributed by atoms with van der Waals surface area (Å²) in [4.78, 5) is 26.6. The standard InChI is InChI=1S/C25H25N3O5S2/c1-3-16-14-17(25(32)33-4-2)23(34-16)26-22(31)24-27-28(18-10-6-8-12-20(18)30)21(35-24)13-15-9-5-7-11-19(15)29/h5-12,14,21,29-30H,3-4,13H2,1-2H3,(H,26,31). The average molecular weight is 512 g/mol. The predicted molar refractivity (Wildman–Crippen MR) is 139 cm³/mol. The minimum Gasteiger partial charge on any atom is -0.508 e. The molecule has 3 aromatic rings. The first-order valence-corrected chi connectivity index (χ1v) is 12.8. The van der Waals surface area contributed by atoms with Gasteiger partial charge >= 0.3 is 5.97 Å². The van der Waals surface area contributed by atoms with Gasteiger partial charge in [-0.25, -0.2) is 9.80 Å². The van der Waals surface area contributed by atoms with Crippen LogP contribution >= 0.6 is 23.1 Å². The fourth-order valence-electron chi connectivity index (χ4n) is 3.56. The summed E-state index contributed by atoms with van der Waals surface area (Å²) in [5.74, 6) is -0.789. The number of aromatic hydroxyl groups is 2. The van der Waals surface area contributed by atoms with Gasteiger partial charge in [0.15, 0.2) is 5.04 Å². The molecule has 0 spiro atoms. The minimum absolute atomic E-state index is 0.0243. The number of hydrazone groups is 1. The summed E-state index contributed by atoms with van der Waals surface area (Å²) < 4.78 is 5.14. The molecule has 0 radical (unpaired) electrons. The second kappa shape index (κ2) is 10.8. The molecule has 4 rings (SSSR count). The molecule has 1 unspecified atom stereocenters. The van der Waals surface area contributed by atoms with E-state index in [9.17, 15) is 19.8 Å². The normalized spacial score (nSPS) is 15.1.